The smallest absolute Gasteiger partial charge is 0.137 e. The van der Waals surface area contributed by atoms with Gasteiger partial charge in [-0.05, 0) is 42.4 Å². The minimum Gasteiger partial charge on any atom is -0.429 e. The fourth-order valence-electron chi connectivity index (χ4n) is 2.39. The van der Waals surface area contributed by atoms with Crippen LogP contribution in [0.25, 0.3) is 0 Å². The highest BCUT2D eigenvalue weighted by atomic mass is 32.1. The molecule has 0 atom stereocenters. The summed E-state index contributed by atoms with van der Waals surface area (Å²) in [6.07, 6.45) is 5.41. The Labute approximate surface area is 97.5 Å². The van der Waals surface area contributed by atoms with Gasteiger partial charge in [-0.2, -0.15) is 0 Å². The van der Waals surface area contributed by atoms with E-state index in [1.165, 1.54) is 31.2 Å². The van der Waals surface area contributed by atoms with Crippen LogP contribution in [0.5, 0.6) is 5.75 Å². The van der Waals surface area contributed by atoms with E-state index in [2.05, 4.69) is 32.0 Å². The first kappa shape index (κ1) is 10.9. The lowest BCUT2D eigenvalue weighted by atomic mass is 9.79. The second kappa shape index (κ2) is 4.93. The van der Waals surface area contributed by atoms with Crippen molar-refractivity contribution in [2.24, 2.45) is 5.92 Å². The quantitative estimate of drug-likeness (QED) is 0.582. The van der Waals surface area contributed by atoms with E-state index in [1.807, 2.05) is 12.1 Å². The Kier molecular flexibility index (Phi) is 3.57. The highest BCUT2D eigenvalue weighted by Gasteiger charge is 2.19. The van der Waals surface area contributed by atoms with Crippen LogP contribution in [0.4, 0.5) is 0 Å². The van der Waals surface area contributed by atoms with E-state index < -0.39 is 0 Å². The fourth-order valence-corrected chi connectivity index (χ4v) is 2.52. The molecule has 0 saturated heterocycles. The number of hydrogen-bond acceptors (Lipinski definition) is 2. The van der Waals surface area contributed by atoms with Crippen molar-refractivity contribution in [3.63, 3.8) is 0 Å². The summed E-state index contributed by atoms with van der Waals surface area (Å²) in [4.78, 5) is 0. The average Bonchev–Trinajstić information content (AvgIpc) is 2.30. The van der Waals surface area contributed by atoms with Crippen LogP contribution in [0.3, 0.4) is 0 Å². The Morgan fingerprint density at radius 1 is 1.07 bits per heavy atom. The van der Waals surface area contributed by atoms with Gasteiger partial charge in [0, 0.05) is 12.9 Å². The van der Waals surface area contributed by atoms with Crippen molar-refractivity contribution in [1.82, 2.24) is 0 Å². The largest absolute Gasteiger partial charge is 0.429 e. The van der Waals surface area contributed by atoms with Gasteiger partial charge >= 0.3 is 0 Å². The van der Waals surface area contributed by atoms with E-state index in [9.17, 15) is 0 Å². The van der Waals surface area contributed by atoms with Crippen LogP contribution in [0.15, 0.2) is 24.3 Å². The van der Waals surface area contributed by atoms with E-state index >= 15 is 0 Å². The third kappa shape index (κ3) is 2.69. The molecular weight excluding hydrogens is 204 g/mol. The lowest BCUT2D eigenvalue weighted by molar-refractivity contribution is 0.348. The van der Waals surface area contributed by atoms with Crippen molar-refractivity contribution < 1.29 is 4.18 Å². The second-order valence-corrected chi connectivity index (χ2v) is 4.80. The average molecular weight is 222 g/mol. The van der Waals surface area contributed by atoms with Crippen LogP contribution in [0.1, 0.15) is 44.1 Å². The van der Waals surface area contributed by atoms with Crippen LogP contribution >= 0.6 is 12.9 Å². The van der Waals surface area contributed by atoms with Gasteiger partial charge < -0.3 is 4.18 Å². The summed E-state index contributed by atoms with van der Waals surface area (Å²) in [6, 6.07) is 8.35. The van der Waals surface area contributed by atoms with Crippen LogP contribution in [0.2, 0.25) is 0 Å². The molecule has 1 nitrogen and oxygen atoms in total. The molecule has 2 heteroatoms. The van der Waals surface area contributed by atoms with E-state index in [-0.39, 0.29) is 0 Å². The number of benzene rings is 1. The number of hydrogen-bond donors (Lipinski definition) is 1. The summed E-state index contributed by atoms with van der Waals surface area (Å²) in [5.41, 5.74) is 1.45. The van der Waals surface area contributed by atoms with Crippen molar-refractivity contribution in [3.05, 3.63) is 29.8 Å². The SMILES string of the molecule is CC1CCC(c2ccc(OS)cc2)CC1. The molecule has 2 rings (SSSR count). The monoisotopic (exact) mass is 222 g/mol. The predicted molar refractivity (Wildman–Crippen MR) is 66.4 cm³/mol. The van der Waals surface area contributed by atoms with E-state index in [4.69, 9.17) is 4.18 Å². The molecule has 0 bridgehead atoms. The molecule has 0 heterocycles. The van der Waals surface area contributed by atoms with Crippen molar-refractivity contribution in [2.75, 3.05) is 0 Å². The van der Waals surface area contributed by atoms with E-state index in [1.54, 1.807) is 0 Å². The standard InChI is InChI=1S/C13H18OS/c1-10-2-4-11(5-3-10)12-6-8-13(14-15)9-7-12/h6-11,15H,2-5H2,1H3. The molecule has 1 aromatic carbocycles. The zero-order valence-corrected chi connectivity index (χ0v) is 10.0. The highest BCUT2D eigenvalue weighted by molar-refractivity contribution is 7.75. The van der Waals surface area contributed by atoms with Gasteiger partial charge in [0.2, 0.25) is 0 Å². The normalized spacial score (nSPS) is 26.3. The topological polar surface area (TPSA) is 9.23 Å². The Bertz CT molecular complexity index is 299. The Morgan fingerprint density at radius 2 is 1.67 bits per heavy atom. The molecule has 0 N–H and O–H groups in total. The van der Waals surface area contributed by atoms with Gasteiger partial charge in [-0.3, -0.25) is 0 Å². The lowest BCUT2D eigenvalue weighted by Crippen LogP contribution is -2.10. The zero-order chi connectivity index (χ0) is 10.7. The first-order valence-corrected chi connectivity index (χ1v) is 6.07. The summed E-state index contributed by atoms with van der Waals surface area (Å²) < 4.78 is 4.87. The fraction of sp³-hybridized carbons (Fsp3) is 0.538. The van der Waals surface area contributed by atoms with Crippen molar-refractivity contribution in [3.8, 4) is 5.75 Å². The maximum atomic E-state index is 4.87. The first-order valence-electron chi connectivity index (χ1n) is 5.71. The van der Waals surface area contributed by atoms with Crippen molar-refractivity contribution >= 4 is 12.9 Å². The van der Waals surface area contributed by atoms with Crippen LogP contribution in [-0.4, -0.2) is 0 Å². The summed E-state index contributed by atoms with van der Waals surface area (Å²) in [7, 11) is 0. The molecule has 0 amide bonds. The summed E-state index contributed by atoms with van der Waals surface area (Å²) in [5, 5.41) is 0. The third-order valence-electron chi connectivity index (χ3n) is 3.47. The van der Waals surface area contributed by atoms with Gasteiger partial charge in [0.15, 0.2) is 0 Å². The van der Waals surface area contributed by atoms with Crippen LogP contribution in [0, 0.1) is 5.92 Å². The Morgan fingerprint density at radius 3 is 2.20 bits per heavy atom. The molecule has 0 radical (unpaired) electrons. The molecule has 1 fully saturated rings. The molecule has 82 valence electrons. The van der Waals surface area contributed by atoms with Gasteiger partial charge in [-0.25, -0.2) is 0 Å². The zero-order valence-electron chi connectivity index (χ0n) is 9.15. The number of thiol groups is 1. The molecular formula is C13H18OS. The molecule has 0 spiro atoms. The maximum absolute atomic E-state index is 4.87. The molecule has 1 saturated carbocycles. The third-order valence-corrected chi connectivity index (χ3v) is 3.68. The van der Waals surface area contributed by atoms with E-state index in [0.29, 0.717) is 0 Å². The predicted octanol–water partition coefficient (Wildman–Crippen LogP) is 4.20. The first-order chi connectivity index (χ1) is 7.29. The molecule has 0 aliphatic heterocycles. The second-order valence-electron chi connectivity index (χ2n) is 4.62. The van der Waals surface area contributed by atoms with E-state index in [0.717, 1.165) is 17.6 Å². The summed E-state index contributed by atoms with van der Waals surface area (Å²) in [6.45, 7) is 2.36. The minimum atomic E-state index is 0.759. The lowest BCUT2D eigenvalue weighted by Gasteiger charge is -2.26. The van der Waals surface area contributed by atoms with Crippen LogP contribution in [-0.2, 0) is 0 Å². The summed E-state index contributed by atoms with van der Waals surface area (Å²) >= 11 is 3.78. The van der Waals surface area contributed by atoms with Crippen LogP contribution < -0.4 is 4.18 Å². The molecule has 15 heavy (non-hydrogen) atoms. The van der Waals surface area contributed by atoms with Crippen molar-refractivity contribution in [1.29, 1.82) is 0 Å². The molecule has 1 aliphatic rings. The maximum Gasteiger partial charge on any atom is 0.137 e. The Balaban J connectivity index is 2.03. The van der Waals surface area contributed by atoms with Gasteiger partial charge in [0.25, 0.3) is 0 Å². The van der Waals surface area contributed by atoms with Gasteiger partial charge in [0.1, 0.15) is 5.75 Å². The summed E-state index contributed by atoms with van der Waals surface area (Å²) in [5.74, 6) is 2.50. The molecule has 1 aromatic rings. The van der Waals surface area contributed by atoms with Crippen molar-refractivity contribution in [2.45, 2.75) is 38.5 Å². The molecule has 1 aliphatic carbocycles. The van der Waals surface area contributed by atoms with Gasteiger partial charge in [-0.15, -0.1) is 0 Å². The van der Waals surface area contributed by atoms with Gasteiger partial charge in [0.05, 0.1) is 0 Å². The highest BCUT2D eigenvalue weighted by Crippen LogP contribution is 2.35. The number of rotatable bonds is 2. The molecule has 0 unspecified atom stereocenters. The van der Waals surface area contributed by atoms with Gasteiger partial charge in [-0.1, -0.05) is 31.9 Å². The Hall–Kier alpha value is -0.630. The minimum absolute atomic E-state index is 0.759. The molecule has 0 aromatic heterocycles.